The predicted octanol–water partition coefficient (Wildman–Crippen LogP) is 3.09. The molecule has 2 saturated carbocycles. The van der Waals surface area contributed by atoms with Crippen molar-refractivity contribution in [1.82, 2.24) is 0 Å². The third kappa shape index (κ3) is 1.96. The van der Waals surface area contributed by atoms with E-state index in [4.69, 9.17) is 4.74 Å². The fourth-order valence-electron chi connectivity index (χ4n) is 2.73. The fourth-order valence-corrected chi connectivity index (χ4v) is 2.73. The first-order valence-electron chi connectivity index (χ1n) is 6.35. The lowest BCUT2D eigenvalue weighted by Crippen LogP contribution is -2.54. The summed E-state index contributed by atoms with van der Waals surface area (Å²) in [5, 5.41) is 0. The smallest absolute Gasteiger partial charge is 0.143 e. The van der Waals surface area contributed by atoms with E-state index in [9.17, 15) is 4.79 Å². The van der Waals surface area contributed by atoms with E-state index < -0.39 is 0 Å². The van der Waals surface area contributed by atoms with Gasteiger partial charge in [0, 0.05) is 6.42 Å². The van der Waals surface area contributed by atoms with Crippen molar-refractivity contribution in [3.63, 3.8) is 0 Å². The van der Waals surface area contributed by atoms with Gasteiger partial charge in [0.05, 0.1) is 17.6 Å². The second kappa shape index (κ2) is 4.25. The summed E-state index contributed by atoms with van der Waals surface area (Å²) in [5.74, 6) is 0.394. The standard InChI is InChI=1S/C13H22O2/c1-3-13(2)11(14)9-12(13)15-10-7-5-4-6-8-10/h10,12H,3-9H2,1-2H3. The highest BCUT2D eigenvalue weighted by Crippen LogP contribution is 2.43. The number of hydrogen-bond donors (Lipinski definition) is 0. The van der Waals surface area contributed by atoms with Crippen molar-refractivity contribution >= 4 is 5.78 Å². The molecule has 2 atom stereocenters. The highest BCUT2D eigenvalue weighted by atomic mass is 16.5. The van der Waals surface area contributed by atoms with Crippen LogP contribution in [0.1, 0.15) is 58.8 Å². The molecule has 0 aliphatic heterocycles. The Balaban J connectivity index is 1.87. The zero-order valence-corrected chi connectivity index (χ0v) is 9.92. The first-order valence-corrected chi connectivity index (χ1v) is 6.35. The van der Waals surface area contributed by atoms with Crippen LogP contribution in [0.25, 0.3) is 0 Å². The Bertz CT molecular complexity index is 243. The van der Waals surface area contributed by atoms with Gasteiger partial charge in [0.15, 0.2) is 0 Å². The minimum atomic E-state index is -0.169. The van der Waals surface area contributed by atoms with Crippen LogP contribution in [0.2, 0.25) is 0 Å². The Labute approximate surface area is 92.4 Å². The topological polar surface area (TPSA) is 26.3 Å². The molecule has 2 heteroatoms. The predicted molar refractivity (Wildman–Crippen MR) is 59.8 cm³/mol. The number of ketones is 1. The molecule has 2 aliphatic carbocycles. The second-order valence-corrected chi connectivity index (χ2v) is 5.28. The lowest BCUT2D eigenvalue weighted by molar-refractivity contribution is -0.171. The van der Waals surface area contributed by atoms with Crippen LogP contribution in [0.15, 0.2) is 0 Å². The molecule has 0 bridgehead atoms. The molecule has 0 saturated heterocycles. The van der Waals surface area contributed by atoms with E-state index in [0.29, 0.717) is 18.3 Å². The summed E-state index contributed by atoms with van der Waals surface area (Å²) in [4.78, 5) is 11.6. The van der Waals surface area contributed by atoms with Crippen molar-refractivity contribution in [3.05, 3.63) is 0 Å². The molecular weight excluding hydrogens is 188 g/mol. The monoisotopic (exact) mass is 210 g/mol. The summed E-state index contributed by atoms with van der Waals surface area (Å²) in [7, 11) is 0. The minimum absolute atomic E-state index is 0.169. The Hall–Kier alpha value is -0.370. The van der Waals surface area contributed by atoms with Gasteiger partial charge in [-0.3, -0.25) is 4.79 Å². The van der Waals surface area contributed by atoms with Crippen molar-refractivity contribution in [3.8, 4) is 0 Å². The van der Waals surface area contributed by atoms with Gasteiger partial charge in [-0.25, -0.2) is 0 Å². The molecule has 2 fully saturated rings. The van der Waals surface area contributed by atoms with Crippen molar-refractivity contribution in [2.75, 3.05) is 0 Å². The van der Waals surface area contributed by atoms with Gasteiger partial charge in [-0.15, -0.1) is 0 Å². The molecule has 15 heavy (non-hydrogen) atoms. The van der Waals surface area contributed by atoms with Crippen LogP contribution in [0.5, 0.6) is 0 Å². The lowest BCUT2D eigenvalue weighted by atomic mass is 9.64. The Kier molecular flexibility index (Phi) is 3.15. The second-order valence-electron chi connectivity index (χ2n) is 5.28. The van der Waals surface area contributed by atoms with Gasteiger partial charge in [0.2, 0.25) is 0 Å². The van der Waals surface area contributed by atoms with E-state index in [1.165, 1.54) is 32.1 Å². The Morgan fingerprint density at radius 1 is 1.33 bits per heavy atom. The molecule has 0 aromatic carbocycles. The summed E-state index contributed by atoms with van der Waals surface area (Å²) in [6, 6.07) is 0. The van der Waals surface area contributed by atoms with Gasteiger partial charge in [-0.1, -0.05) is 33.1 Å². The summed E-state index contributed by atoms with van der Waals surface area (Å²) in [6.45, 7) is 4.15. The summed E-state index contributed by atoms with van der Waals surface area (Å²) < 4.78 is 6.08. The maximum Gasteiger partial charge on any atom is 0.143 e. The number of Topliss-reactive ketones (excluding diaryl/α,β-unsaturated/α-hetero) is 1. The molecule has 86 valence electrons. The molecule has 2 rings (SSSR count). The van der Waals surface area contributed by atoms with Gasteiger partial charge in [0.1, 0.15) is 5.78 Å². The summed E-state index contributed by atoms with van der Waals surface area (Å²) in [6.07, 6.45) is 8.57. The number of hydrogen-bond acceptors (Lipinski definition) is 2. The van der Waals surface area contributed by atoms with Crippen LogP contribution < -0.4 is 0 Å². The molecule has 0 N–H and O–H groups in total. The van der Waals surface area contributed by atoms with E-state index in [1.54, 1.807) is 0 Å². The normalized spacial score (nSPS) is 37.7. The van der Waals surface area contributed by atoms with Gasteiger partial charge in [0.25, 0.3) is 0 Å². The van der Waals surface area contributed by atoms with Gasteiger partial charge < -0.3 is 4.74 Å². The van der Waals surface area contributed by atoms with Gasteiger partial charge >= 0.3 is 0 Å². The van der Waals surface area contributed by atoms with E-state index in [-0.39, 0.29) is 11.5 Å². The van der Waals surface area contributed by atoms with Crippen molar-refractivity contribution in [2.45, 2.75) is 71.0 Å². The molecule has 2 aliphatic rings. The van der Waals surface area contributed by atoms with Crippen LogP contribution >= 0.6 is 0 Å². The minimum Gasteiger partial charge on any atom is -0.374 e. The van der Waals surface area contributed by atoms with E-state index in [1.807, 2.05) is 0 Å². The van der Waals surface area contributed by atoms with Gasteiger partial charge in [-0.05, 0) is 19.3 Å². The molecule has 0 spiro atoms. The largest absolute Gasteiger partial charge is 0.374 e. The Morgan fingerprint density at radius 3 is 2.53 bits per heavy atom. The summed E-state index contributed by atoms with van der Waals surface area (Å²) in [5.41, 5.74) is -0.169. The molecule has 0 aromatic heterocycles. The quantitative estimate of drug-likeness (QED) is 0.715. The molecule has 0 aromatic rings. The summed E-state index contributed by atoms with van der Waals surface area (Å²) >= 11 is 0. The number of rotatable bonds is 3. The maximum atomic E-state index is 11.6. The van der Waals surface area contributed by atoms with E-state index in [0.717, 1.165) is 6.42 Å². The van der Waals surface area contributed by atoms with Crippen LogP contribution in [-0.4, -0.2) is 18.0 Å². The van der Waals surface area contributed by atoms with Crippen molar-refractivity contribution in [1.29, 1.82) is 0 Å². The highest BCUT2D eigenvalue weighted by Gasteiger charge is 2.51. The Morgan fingerprint density at radius 2 is 2.00 bits per heavy atom. The first-order chi connectivity index (χ1) is 7.16. The van der Waals surface area contributed by atoms with Gasteiger partial charge in [-0.2, -0.15) is 0 Å². The van der Waals surface area contributed by atoms with Crippen LogP contribution in [0.4, 0.5) is 0 Å². The third-order valence-electron chi connectivity index (χ3n) is 4.36. The fraction of sp³-hybridized carbons (Fsp3) is 0.923. The number of ether oxygens (including phenoxy) is 1. The maximum absolute atomic E-state index is 11.6. The molecule has 2 unspecified atom stereocenters. The zero-order chi connectivity index (χ0) is 10.9. The zero-order valence-electron chi connectivity index (χ0n) is 9.92. The number of carbonyl (C=O) groups is 1. The average Bonchev–Trinajstić information content (AvgIpc) is 2.29. The number of carbonyl (C=O) groups excluding carboxylic acids is 1. The molecular formula is C13H22O2. The van der Waals surface area contributed by atoms with Crippen molar-refractivity contribution in [2.24, 2.45) is 5.41 Å². The third-order valence-corrected chi connectivity index (χ3v) is 4.36. The van der Waals surface area contributed by atoms with Crippen LogP contribution in [-0.2, 0) is 9.53 Å². The lowest BCUT2D eigenvalue weighted by Gasteiger charge is -2.46. The molecule has 0 radical (unpaired) electrons. The van der Waals surface area contributed by atoms with Crippen LogP contribution in [0.3, 0.4) is 0 Å². The highest BCUT2D eigenvalue weighted by molar-refractivity contribution is 5.91. The SMILES string of the molecule is CCC1(C)C(=O)CC1OC1CCCCC1. The molecule has 0 amide bonds. The van der Waals surface area contributed by atoms with Crippen molar-refractivity contribution < 1.29 is 9.53 Å². The van der Waals surface area contributed by atoms with E-state index >= 15 is 0 Å². The molecule has 2 nitrogen and oxygen atoms in total. The first kappa shape index (κ1) is 11.1. The van der Waals surface area contributed by atoms with Crippen LogP contribution in [0, 0.1) is 5.41 Å². The average molecular weight is 210 g/mol. The van der Waals surface area contributed by atoms with E-state index in [2.05, 4.69) is 13.8 Å². The molecule has 0 heterocycles.